The van der Waals surface area contributed by atoms with Crippen molar-refractivity contribution in [3.05, 3.63) is 107 Å². The van der Waals surface area contributed by atoms with Crippen LogP contribution >= 0.6 is 0 Å². The highest BCUT2D eigenvalue weighted by Gasteiger charge is 2.40. The standard InChI is InChI=1S/C22H17FN2O3S/c23-18-11-5-6-12-19(18)24-14-21-22(26)17-10-4-7-13-20(17)25(29(21,27)28)15-16-8-2-1-3-9-16/h1-14,24H,15H2. The van der Waals surface area contributed by atoms with Gasteiger partial charge in [-0.05, 0) is 29.8 Å². The van der Waals surface area contributed by atoms with Crippen LogP contribution in [0, 0.1) is 5.82 Å². The van der Waals surface area contributed by atoms with Crippen LogP contribution in [0.25, 0.3) is 0 Å². The lowest BCUT2D eigenvalue weighted by molar-refractivity contribution is 0.104. The number of sulfonamides is 1. The molecule has 0 aliphatic carbocycles. The second kappa shape index (κ2) is 7.52. The summed E-state index contributed by atoms with van der Waals surface area (Å²) in [7, 11) is -4.15. The largest absolute Gasteiger partial charge is 0.358 e. The summed E-state index contributed by atoms with van der Waals surface area (Å²) in [4.78, 5) is 12.5. The molecule has 3 aromatic carbocycles. The molecule has 29 heavy (non-hydrogen) atoms. The number of nitrogens with one attached hydrogen (secondary N) is 1. The molecule has 4 rings (SSSR count). The first kappa shape index (κ1) is 18.9. The van der Waals surface area contributed by atoms with E-state index in [0.717, 1.165) is 11.8 Å². The molecule has 3 aromatic rings. The van der Waals surface area contributed by atoms with Gasteiger partial charge in [0.05, 0.1) is 17.9 Å². The van der Waals surface area contributed by atoms with Crippen molar-refractivity contribution in [2.24, 2.45) is 0 Å². The van der Waals surface area contributed by atoms with Gasteiger partial charge >= 0.3 is 0 Å². The van der Waals surface area contributed by atoms with Crippen molar-refractivity contribution in [1.29, 1.82) is 0 Å². The molecule has 1 aliphatic heterocycles. The summed E-state index contributed by atoms with van der Waals surface area (Å²) in [5.41, 5.74) is 1.46. The van der Waals surface area contributed by atoms with Gasteiger partial charge < -0.3 is 5.32 Å². The molecule has 0 saturated heterocycles. The molecule has 0 unspecified atom stereocenters. The molecule has 0 radical (unpaired) electrons. The van der Waals surface area contributed by atoms with Crippen LogP contribution in [0.4, 0.5) is 15.8 Å². The van der Waals surface area contributed by atoms with Crippen molar-refractivity contribution < 1.29 is 17.6 Å². The maximum Gasteiger partial charge on any atom is 0.270 e. The van der Waals surface area contributed by atoms with Crippen LogP contribution in [0.1, 0.15) is 15.9 Å². The van der Waals surface area contributed by atoms with Crippen LogP contribution in [-0.4, -0.2) is 14.2 Å². The fourth-order valence-electron chi connectivity index (χ4n) is 3.16. The number of allylic oxidation sites excluding steroid dienone is 1. The molecule has 0 amide bonds. The van der Waals surface area contributed by atoms with Crippen LogP contribution in [0.5, 0.6) is 0 Å². The number of hydrogen-bond donors (Lipinski definition) is 1. The highest BCUT2D eigenvalue weighted by molar-refractivity contribution is 7.97. The minimum absolute atomic E-state index is 0.0739. The van der Waals surface area contributed by atoms with E-state index in [-0.39, 0.29) is 17.8 Å². The maximum absolute atomic E-state index is 13.9. The minimum Gasteiger partial charge on any atom is -0.358 e. The number of hydrogen-bond acceptors (Lipinski definition) is 4. The quantitative estimate of drug-likeness (QED) is 0.653. The van der Waals surface area contributed by atoms with Crippen molar-refractivity contribution in [2.45, 2.75) is 6.54 Å². The normalized spacial score (nSPS) is 16.5. The average molecular weight is 408 g/mol. The third-order valence-corrected chi connectivity index (χ3v) is 6.38. The maximum atomic E-state index is 13.9. The first-order valence-corrected chi connectivity index (χ1v) is 10.3. The van der Waals surface area contributed by atoms with E-state index in [2.05, 4.69) is 5.32 Å². The molecule has 146 valence electrons. The summed E-state index contributed by atoms with van der Waals surface area (Å²) >= 11 is 0. The first-order chi connectivity index (χ1) is 14.0. The smallest absolute Gasteiger partial charge is 0.270 e. The third kappa shape index (κ3) is 3.52. The fourth-order valence-corrected chi connectivity index (χ4v) is 4.69. The van der Waals surface area contributed by atoms with Gasteiger partial charge in [0, 0.05) is 11.8 Å². The average Bonchev–Trinajstić information content (AvgIpc) is 2.73. The summed E-state index contributed by atoms with van der Waals surface area (Å²) in [5, 5.41) is 2.62. The Labute approximate surface area is 168 Å². The molecule has 0 aromatic heterocycles. The Hall–Kier alpha value is -3.45. The Balaban J connectivity index is 1.80. The zero-order chi connectivity index (χ0) is 20.4. The lowest BCUT2D eigenvalue weighted by Crippen LogP contribution is -2.39. The van der Waals surface area contributed by atoms with Crippen molar-refractivity contribution in [1.82, 2.24) is 0 Å². The second-order valence-electron chi connectivity index (χ2n) is 6.48. The van der Waals surface area contributed by atoms with Gasteiger partial charge in [-0.15, -0.1) is 0 Å². The van der Waals surface area contributed by atoms with E-state index >= 15 is 0 Å². The molecule has 1 N–H and O–H groups in total. The number of carbonyl (C=O) groups is 1. The van der Waals surface area contributed by atoms with Crippen LogP contribution < -0.4 is 9.62 Å². The van der Waals surface area contributed by atoms with Crippen molar-refractivity contribution in [2.75, 3.05) is 9.62 Å². The van der Waals surface area contributed by atoms with Gasteiger partial charge in [0.1, 0.15) is 5.82 Å². The zero-order valence-electron chi connectivity index (χ0n) is 15.2. The lowest BCUT2D eigenvalue weighted by atomic mass is 10.1. The van der Waals surface area contributed by atoms with Gasteiger partial charge in [0.2, 0.25) is 5.78 Å². The summed E-state index contributed by atoms with van der Waals surface area (Å²) in [5.74, 6) is -1.18. The summed E-state index contributed by atoms with van der Waals surface area (Å²) in [6.45, 7) is 0.0739. The van der Waals surface area contributed by atoms with E-state index in [4.69, 9.17) is 0 Å². The second-order valence-corrected chi connectivity index (χ2v) is 8.31. The van der Waals surface area contributed by atoms with E-state index in [9.17, 15) is 17.6 Å². The van der Waals surface area contributed by atoms with Crippen LogP contribution in [0.3, 0.4) is 0 Å². The topological polar surface area (TPSA) is 66.5 Å². The summed E-state index contributed by atoms with van der Waals surface area (Å²) < 4.78 is 41.7. The number of carbonyl (C=O) groups excluding carboxylic acids is 1. The summed E-state index contributed by atoms with van der Waals surface area (Å²) in [6.07, 6.45) is 1.06. The van der Waals surface area contributed by atoms with Gasteiger partial charge in [0.15, 0.2) is 4.91 Å². The number of Topliss-reactive ketones (excluding diaryl/α,β-unsaturated/α-hetero) is 1. The Kier molecular flexibility index (Phi) is 4.90. The molecule has 0 atom stereocenters. The number of halogens is 1. The predicted molar refractivity (Wildman–Crippen MR) is 110 cm³/mol. The van der Waals surface area contributed by atoms with Crippen LogP contribution in [0.2, 0.25) is 0 Å². The third-order valence-electron chi connectivity index (χ3n) is 4.61. The van der Waals surface area contributed by atoms with Crippen LogP contribution in [-0.2, 0) is 16.6 Å². The van der Waals surface area contributed by atoms with Crippen molar-refractivity contribution >= 4 is 27.2 Å². The van der Waals surface area contributed by atoms with E-state index in [1.54, 1.807) is 30.3 Å². The molecule has 0 fully saturated rings. The number of ketones is 1. The number of fused-ring (bicyclic) bond motifs is 1. The number of benzene rings is 3. The van der Waals surface area contributed by atoms with E-state index in [0.29, 0.717) is 5.69 Å². The van der Waals surface area contributed by atoms with Gasteiger partial charge in [-0.25, -0.2) is 12.8 Å². The Morgan fingerprint density at radius 1 is 0.897 bits per heavy atom. The van der Waals surface area contributed by atoms with Gasteiger partial charge in [-0.3, -0.25) is 9.10 Å². The first-order valence-electron chi connectivity index (χ1n) is 8.90. The van der Waals surface area contributed by atoms with E-state index in [1.807, 2.05) is 30.3 Å². The molecule has 1 heterocycles. The Morgan fingerprint density at radius 3 is 2.31 bits per heavy atom. The molecule has 0 saturated carbocycles. The summed E-state index contributed by atoms with van der Waals surface area (Å²) in [6, 6.07) is 21.5. The van der Waals surface area contributed by atoms with E-state index in [1.165, 1.54) is 22.5 Å². The zero-order valence-corrected chi connectivity index (χ0v) is 16.1. The molecule has 0 spiro atoms. The van der Waals surface area contributed by atoms with E-state index < -0.39 is 26.5 Å². The highest BCUT2D eigenvalue weighted by atomic mass is 32.2. The Bertz CT molecular complexity index is 1210. The number of anilines is 2. The van der Waals surface area contributed by atoms with Crippen molar-refractivity contribution in [3.63, 3.8) is 0 Å². The highest BCUT2D eigenvalue weighted by Crippen LogP contribution is 2.36. The van der Waals surface area contributed by atoms with Gasteiger partial charge in [-0.1, -0.05) is 54.6 Å². The molecule has 7 heteroatoms. The molecular weight excluding hydrogens is 391 g/mol. The number of rotatable bonds is 4. The molecule has 1 aliphatic rings. The van der Waals surface area contributed by atoms with Crippen molar-refractivity contribution in [3.8, 4) is 0 Å². The SMILES string of the molecule is O=C1C(=CNc2ccccc2F)S(=O)(=O)N(Cc2ccccc2)c2ccccc21. The van der Waals surface area contributed by atoms with Gasteiger partial charge in [0.25, 0.3) is 10.0 Å². The molecule has 5 nitrogen and oxygen atoms in total. The van der Waals surface area contributed by atoms with Crippen LogP contribution in [0.15, 0.2) is 90.0 Å². The monoisotopic (exact) mass is 408 g/mol. The lowest BCUT2D eigenvalue weighted by Gasteiger charge is -2.31. The Morgan fingerprint density at radius 2 is 1.55 bits per heavy atom. The molecular formula is C22H17FN2O3S. The predicted octanol–water partition coefficient (Wildman–Crippen LogP) is 4.31. The van der Waals surface area contributed by atoms with Gasteiger partial charge in [-0.2, -0.15) is 0 Å². The fraction of sp³-hybridized carbons (Fsp3) is 0.0455. The number of para-hydroxylation sites is 2. The minimum atomic E-state index is -4.15. The number of nitrogens with zero attached hydrogens (tertiary/aromatic N) is 1. The molecule has 0 bridgehead atoms.